The van der Waals surface area contributed by atoms with Gasteiger partial charge < -0.3 is 15.5 Å². The molecule has 24 heavy (non-hydrogen) atoms. The second kappa shape index (κ2) is 9.90. The number of hydrogen-bond acceptors (Lipinski definition) is 2. The first-order valence-corrected chi connectivity index (χ1v) is 9.86. The molecular weight excluding hydrogens is 302 g/mol. The number of carbonyl (C=O) groups excluding carboxylic acids is 2. The number of hydrogen-bond donors (Lipinski definition) is 2. The van der Waals surface area contributed by atoms with Gasteiger partial charge in [0.15, 0.2) is 0 Å². The van der Waals surface area contributed by atoms with Crippen molar-refractivity contribution in [1.82, 2.24) is 15.5 Å². The van der Waals surface area contributed by atoms with Crippen molar-refractivity contribution in [3.05, 3.63) is 0 Å². The zero-order valence-electron chi connectivity index (χ0n) is 15.5. The first kappa shape index (κ1) is 19.1. The summed E-state index contributed by atoms with van der Waals surface area (Å²) in [5.74, 6) is 1.20. The first-order valence-electron chi connectivity index (χ1n) is 9.86. The minimum atomic E-state index is 0.130. The van der Waals surface area contributed by atoms with Crippen LogP contribution in [0.1, 0.15) is 71.6 Å². The maximum absolute atomic E-state index is 12.3. The molecule has 138 valence electrons. The van der Waals surface area contributed by atoms with Gasteiger partial charge in [0.2, 0.25) is 5.91 Å². The van der Waals surface area contributed by atoms with E-state index in [-0.39, 0.29) is 11.9 Å². The monoisotopic (exact) mass is 337 g/mol. The van der Waals surface area contributed by atoms with E-state index in [9.17, 15) is 9.59 Å². The lowest BCUT2D eigenvalue weighted by Gasteiger charge is -2.34. The number of nitrogens with one attached hydrogen (secondary N) is 2. The molecule has 0 radical (unpaired) electrons. The quantitative estimate of drug-likeness (QED) is 0.781. The Labute approximate surface area is 146 Å². The summed E-state index contributed by atoms with van der Waals surface area (Å²) in [4.78, 5) is 26.0. The predicted octanol–water partition coefficient (Wildman–Crippen LogP) is 3.29. The summed E-state index contributed by atoms with van der Waals surface area (Å²) in [5.41, 5.74) is 0. The molecule has 0 bridgehead atoms. The Hall–Kier alpha value is -1.26. The van der Waals surface area contributed by atoms with E-state index in [0.717, 1.165) is 51.7 Å². The van der Waals surface area contributed by atoms with E-state index in [4.69, 9.17) is 0 Å². The molecule has 0 aromatic heterocycles. The summed E-state index contributed by atoms with van der Waals surface area (Å²) in [5, 5.41) is 6.23. The highest BCUT2D eigenvalue weighted by Gasteiger charge is 2.24. The first-order chi connectivity index (χ1) is 11.5. The summed E-state index contributed by atoms with van der Waals surface area (Å²) in [6.45, 7) is 6.60. The Kier molecular flexibility index (Phi) is 7.86. The average Bonchev–Trinajstić information content (AvgIpc) is 2.55. The van der Waals surface area contributed by atoms with E-state index in [0.29, 0.717) is 24.3 Å². The molecule has 1 heterocycles. The lowest BCUT2D eigenvalue weighted by Crippen LogP contribution is -2.48. The van der Waals surface area contributed by atoms with Gasteiger partial charge in [0.05, 0.1) is 0 Å². The zero-order valence-corrected chi connectivity index (χ0v) is 15.5. The minimum Gasteiger partial charge on any atom is -0.356 e. The summed E-state index contributed by atoms with van der Waals surface area (Å²) in [6.07, 6.45) is 9.82. The Morgan fingerprint density at radius 2 is 1.71 bits per heavy atom. The van der Waals surface area contributed by atoms with Crippen molar-refractivity contribution in [3.8, 4) is 0 Å². The molecule has 2 N–H and O–H groups in total. The van der Waals surface area contributed by atoms with E-state index in [1.165, 1.54) is 19.3 Å². The molecule has 1 aliphatic carbocycles. The third kappa shape index (κ3) is 6.70. The van der Waals surface area contributed by atoms with Crippen LogP contribution < -0.4 is 10.6 Å². The maximum Gasteiger partial charge on any atom is 0.317 e. The molecule has 0 aromatic rings. The fourth-order valence-corrected chi connectivity index (χ4v) is 3.80. The van der Waals surface area contributed by atoms with Gasteiger partial charge in [0.1, 0.15) is 0 Å². The standard InChI is InChI=1S/C19H35N3O2/c1-15(2)14-18(23)20-11-8-16-9-12-22(13-10-16)19(24)21-17-6-4-3-5-7-17/h15-17H,3-14H2,1-2H3,(H,20,23)(H,21,24). The molecular formula is C19H35N3O2. The van der Waals surface area contributed by atoms with Crippen LogP contribution in [0.3, 0.4) is 0 Å². The molecule has 5 nitrogen and oxygen atoms in total. The summed E-state index contributed by atoms with van der Waals surface area (Å²) < 4.78 is 0. The van der Waals surface area contributed by atoms with Crippen molar-refractivity contribution in [2.24, 2.45) is 11.8 Å². The van der Waals surface area contributed by atoms with Crippen molar-refractivity contribution in [2.45, 2.75) is 77.7 Å². The van der Waals surface area contributed by atoms with Gasteiger partial charge in [0, 0.05) is 32.1 Å². The molecule has 1 saturated carbocycles. The van der Waals surface area contributed by atoms with Crippen molar-refractivity contribution in [1.29, 1.82) is 0 Å². The number of rotatable bonds is 6. The molecule has 2 aliphatic rings. The number of piperidine rings is 1. The van der Waals surface area contributed by atoms with Crippen LogP contribution in [0.4, 0.5) is 4.79 Å². The van der Waals surface area contributed by atoms with Gasteiger partial charge in [-0.2, -0.15) is 0 Å². The Morgan fingerprint density at radius 3 is 2.33 bits per heavy atom. The number of carbonyl (C=O) groups is 2. The third-order valence-electron chi connectivity index (χ3n) is 5.30. The van der Waals surface area contributed by atoms with Crippen molar-refractivity contribution >= 4 is 11.9 Å². The Morgan fingerprint density at radius 1 is 1.04 bits per heavy atom. The Bertz CT molecular complexity index is 397. The molecule has 5 heteroatoms. The van der Waals surface area contributed by atoms with Crippen LogP contribution in [0.2, 0.25) is 0 Å². The lowest BCUT2D eigenvalue weighted by atomic mass is 9.93. The molecule has 0 unspecified atom stereocenters. The van der Waals surface area contributed by atoms with E-state index in [1.807, 2.05) is 4.90 Å². The van der Waals surface area contributed by atoms with Crippen LogP contribution in [0.15, 0.2) is 0 Å². The van der Waals surface area contributed by atoms with E-state index in [1.54, 1.807) is 0 Å². The van der Waals surface area contributed by atoms with Gasteiger partial charge in [-0.3, -0.25) is 4.79 Å². The molecule has 0 spiro atoms. The van der Waals surface area contributed by atoms with Crippen molar-refractivity contribution in [2.75, 3.05) is 19.6 Å². The largest absolute Gasteiger partial charge is 0.356 e. The molecule has 1 saturated heterocycles. The van der Waals surface area contributed by atoms with Crippen LogP contribution in [0.5, 0.6) is 0 Å². The molecule has 2 rings (SSSR count). The number of nitrogens with zero attached hydrogens (tertiary/aromatic N) is 1. The van der Waals surface area contributed by atoms with Gasteiger partial charge in [-0.15, -0.1) is 0 Å². The summed E-state index contributed by atoms with van der Waals surface area (Å²) in [6, 6.07) is 0.519. The van der Waals surface area contributed by atoms with E-state index < -0.39 is 0 Å². The zero-order chi connectivity index (χ0) is 17.4. The molecule has 0 aromatic carbocycles. The maximum atomic E-state index is 12.3. The van der Waals surface area contributed by atoms with Crippen LogP contribution >= 0.6 is 0 Å². The van der Waals surface area contributed by atoms with Gasteiger partial charge in [0.25, 0.3) is 0 Å². The van der Waals surface area contributed by atoms with Gasteiger partial charge in [-0.1, -0.05) is 33.1 Å². The average molecular weight is 338 g/mol. The topological polar surface area (TPSA) is 61.4 Å². The highest BCUT2D eigenvalue weighted by Crippen LogP contribution is 2.21. The van der Waals surface area contributed by atoms with E-state index in [2.05, 4.69) is 24.5 Å². The molecule has 3 amide bonds. The van der Waals surface area contributed by atoms with Gasteiger partial charge >= 0.3 is 6.03 Å². The van der Waals surface area contributed by atoms with Crippen molar-refractivity contribution < 1.29 is 9.59 Å². The third-order valence-corrected chi connectivity index (χ3v) is 5.30. The van der Waals surface area contributed by atoms with Crippen LogP contribution in [0, 0.1) is 11.8 Å². The second-order valence-corrected chi connectivity index (χ2v) is 7.95. The fourth-order valence-electron chi connectivity index (χ4n) is 3.80. The van der Waals surface area contributed by atoms with Crippen LogP contribution in [-0.2, 0) is 4.79 Å². The Balaban J connectivity index is 1.58. The van der Waals surface area contributed by atoms with Crippen LogP contribution in [-0.4, -0.2) is 42.5 Å². The predicted molar refractivity (Wildman–Crippen MR) is 96.8 cm³/mol. The summed E-state index contributed by atoms with van der Waals surface area (Å²) in [7, 11) is 0. The van der Waals surface area contributed by atoms with Crippen molar-refractivity contribution in [3.63, 3.8) is 0 Å². The fraction of sp³-hybridized carbons (Fsp3) is 0.895. The van der Waals surface area contributed by atoms with E-state index >= 15 is 0 Å². The second-order valence-electron chi connectivity index (χ2n) is 7.95. The normalized spacial score (nSPS) is 20.2. The molecule has 2 fully saturated rings. The number of urea groups is 1. The number of amides is 3. The SMILES string of the molecule is CC(C)CC(=O)NCCC1CCN(C(=O)NC2CCCCC2)CC1. The lowest BCUT2D eigenvalue weighted by molar-refractivity contribution is -0.121. The van der Waals surface area contributed by atoms with Gasteiger partial charge in [-0.05, 0) is 43.9 Å². The molecule has 1 aliphatic heterocycles. The highest BCUT2D eigenvalue weighted by molar-refractivity contribution is 5.76. The van der Waals surface area contributed by atoms with Crippen LogP contribution in [0.25, 0.3) is 0 Å². The number of likely N-dealkylation sites (tertiary alicyclic amines) is 1. The van der Waals surface area contributed by atoms with Gasteiger partial charge in [-0.25, -0.2) is 4.79 Å². The smallest absolute Gasteiger partial charge is 0.317 e. The highest BCUT2D eigenvalue weighted by atomic mass is 16.2. The summed E-state index contributed by atoms with van der Waals surface area (Å²) >= 11 is 0. The minimum absolute atomic E-state index is 0.130. The molecule has 0 atom stereocenters.